The van der Waals surface area contributed by atoms with E-state index in [0.717, 1.165) is 22.9 Å². The van der Waals surface area contributed by atoms with Crippen LogP contribution in [0.15, 0.2) is 53.4 Å². The number of benzene rings is 2. The van der Waals surface area contributed by atoms with Crippen LogP contribution in [-0.2, 0) is 26.0 Å². The fraction of sp³-hybridized carbons (Fsp3) is 0.250. The van der Waals surface area contributed by atoms with Crippen molar-refractivity contribution in [3.05, 3.63) is 59.7 Å². The van der Waals surface area contributed by atoms with Gasteiger partial charge in [0.25, 0.3) is 5.24 Å². The van der Waals surface area contributed by atoms with Crippen molar-refractivity contribution in [2.45, 2.75) is 24.8 Å². The predicted octanol–water partition coefficient (Wildman–Crippen LogP) is 2.99. The standard InChI is InChI=1S/C20H20N2O5S2/c1-14-2-8-17(9-3-14)29(26,27)11-10-18(23)21-16-6-4-15(5-7-16)12-22-19(24)13-28-20(22)25/h2-9H,10-13H2,1H3,(H,21,23). The molecule has 152 valence electrons. The van der Waals surface area contributed by atoms with Gasteiger partial charge in [-0.05, 0) is 36.8 Å². The van der Waals surface area contributed by atoms with Crippen LogP contribution in [0.2, 0.25) is 0 Å². The molecule has 3 amide bonds. The van der Waals surface area contributed by atoms with E-state index in [4.69, 9.17) is 0 Å². The maximum Gasteiger partial charge on any atom is 0.289 e. The van der Waals surface area contributed by atoms with Crippen LogP contribution in [-0.4, -0.2) is 41.9 Å². The molecule has 3 rings (SSSR count). The lowest BCUT2D eigenvalue weighted by atomic mass is 10.2. The number of aryl methyl sites for hydroxylation is 1. The van der Waals surface area contributed by atoms with Crippen molar-refractivity contribution in [2.75, 3.05) is 16.8 Å². The Morgan fingerprint density at radius 1 is 1.07 bits per heavy atom. The Balaban J connectivity index is 1.53. The van der Waals surface area contributed by atoms with Crippen LogP contribution in [0, 0.1) is 6.92 Å². The van der Waals surface area contributed by atoms with Crippen molar-refractivity contribution in [3.63, 3.8) is 0 Å². The van der Waals surface area contributed by atoms with Crippen LogP contribution < -0.4 is 5.32 Å². The number of thioether (sulfide) groups is 1. The highest BCUT2D eigenvalue weighted by atomic mass is 32.2. The van der Waals surface area contributed by atoms with Gasteiger partial charge in [0.2, 0.25) is 11.8 Å². The van der Waals surface area contributed by atoms with Crippen molar-refractivity contribution in [2.24, 2.45) is 0 Å². The third kappa shape index (κ3) is 5.45. The normalized spacial score (nSPS) is 14.3. The molecule has 29 heavy (non-hydrogen) atoms. The highest BCUT2D eigenvalue weighted by molar-refractivity contribution is 8.14. The Kier molecular flexibility index (Phi) is 6.39. The van der Waals surface area contributed by atoms with Gasteiger partial charge in [0.05, 0.1) is 22.9 Å². The molecule has 0 bridgehead atoms. The zero-order chi connectivity index (χ0) is 21.0. The van der Waals surface area contributed by atoms with Gasteiger partial charge in [-0.2, -0.15) is 0 Å². The molecule has 1 N–H and O–H groups in total. The number of carbonyl (C=O) groups is 3. The fourth-order valence-corrected chi connectivity index (χ4v) is 4.69. The molecule has 0 aromatic heterocycles. The maximum atomic E-state index is 12.3. The van der Waals surface area contributed by atoms with Gasteiger partial charge in [0.1, 0.15) is 0 Å². The van der Waals surface area contributed by atoms with Gasteiger partial charge in [-0.3, -0.25) is 19.3 Å². The molecule has 0 aliphatic carbocycles. The van der Waals surface area contributed by atoms with Gasteiger partial charge in [-0.1, -0.05) is 41.6 Å². The Morgan fingerprint density at radius 3 is 2.31 bits per heavy atom. The summed E-state index contributed by atoms with van der Waals surface area (Å²) in [4.78, 5) is 36.8. The zero-order valence-electron chi connectivity index (χ0n) is 15.8. The molecule has 1 aliphatic heterocycles. The lowest BCUT2D eigenvalue weighted by Crippen LogP contribution is -2.27. The van der Waals surface area contributed by atoms with Crippen molar-refractivity contribution in [1.82, 2.24) is 4.90 Å². The van der Waals surface area contributed by atoms with Crippen molar-refractivity contribution in [3.8, 4) is 0 Å². The number of amides is 3. The second kappa shape index (κ2) is 8.79. The third-order valence-corrected chi connectivity index (χ3v) is 6.99. The average Bonchev–Trinajstić information content (AvgIpc) is 3.00. The molecule has 1 fully saturated rings. The average molecular weight is 433 g/mol. The number of rotatable bonds is 7. The largest absolute Gasteiger partial charge is 0.326 e. The first kappa shape index (κ1) is 21.1. The molecule has 0 radical (unpaired) electrons. The molecule has 2 aromatic carbocycles. The van der Waals surface area contributed by atoms with E-state index in [2.05, 4.69) is 5.32 Å². The van der Waals surface area contributed by atoms with Gasteiger partial charge in [0.15, 0.2) is 9.84 Å². The van der Waals surface area contributed by atoms with Crippen LogP contribution in [0.5, 0.6) is 0 Å². The van der Waals surface area contributed by atoms with Crippen molar-refractivity contribution < 1.29 is 22.8 Å². The Morgan fingerprint density at radius 2 is 1.72 bits per heavy atom. The molecule has 0 saturated carbocycles. The van der Waals surface area contributed by atoms with E-state index >= 15 is 0 Å². The second-order valence-electron chi connectivity index (χ2n) is 6.66. The smallest absolute Gasteiger partial charge is 0.289 e. The van der Waals surface area contributed by atoms with Gasteiger partial charge < -0.3 is 5.32 Å². The lowest BCUT2D eigenvalue weighted by Gasteiger charge is -2.13. The molecule has 0 unspecified atom stereocenters. The van der Waals surface area contributed by atoms with Crippen LogP contribution in [0.3, 0.4) is 0 Å². The molecule has 0 atom stereocenters. The van der Waals surface area contributed by atoms with Gasteiger partial charge >= 0.3 is 0 Å². The number of hydrogen-bond acceptors (Lipinski definition) is 6. The minimum Gasteiger partial charge on any atom is -0.326 e. The van der Waals surface area contributed by atoms with Crippen molar-refractivity contribution >= 4 is 44.3 Å². The van der Waals surface area contributed by atoms with Crippen LogP contribution in [0.25, 0.3) is 0 Å². The van der Waals surface area contributed by atoms with E-state index in [-0.39, 0.29) is 40.5 Å². The van der Waals surface area contributed by atoms with Crippen LogP contribution in [0.1, 0.15) is 17.5 Å². The predicted molar refractivity (Wildman–Crippen MR) is 111 cm³/mol. The number of hydrogen-bond donors (Lipinski definition) is 1. The van der Waals surface area contributed by atoms with E-state index in [0.29, 0.717) is 5.69 Å². The minimum atomic E-state index is -3.53. The molecule has 1 heterocycles. The van der Waals surface area contributed by atoms with Crippen molar-refractivity contribution in [1.29, 1.82) is 0 Å². The number of carbonyl (C=O) groups excluding carboxylic acids is 3. The van der Waals surface area contributed by atoms with E-state index in [1.165, 1.54) is 17.0 Å². The summed E-state index contributed by atoms with van der Waals surface area (Å²) in [6, 6.07) is 13.2. The Bertz CT molecular complexity index is 1020. The maximum absolute atomic E-state index is 12.3. The lowest BCUT2D eigenvalue weighted by molar-refractivity contribution is -0.125. The zero-order valence-corrected chi connectivity index (χ0v) is 17.4. The highest BCUT2D eigenvalue weighted by Crippen LogP contribution is 2.22. The topological polar surface area (TPSA) is 101 Å². The highest BCUT2D eigenvalue weighted by Gasteiger charge is 2.29. The first-order chi connectivity index (χ1) is 13.7. The van der Waals surface area contributed by atoms with E-state index in [1.54, 1.807) is 36.4 Å². The number of imide groups is 1. The summed E-state index contributed by atoms with van der Waals surface area (Å²) in [6.45, 7) is 2.06. The molecule has 1 saturated heterocycles. The molecule has 2 aromatic rings. The summed E-state index contributed by atoms with van der Waals surface area (Å²) in [6.07, 6.45) is -0.161. The van der Waals surface area contributed by atoms with Crippen LogP contribution in [0.4, 0.5) is 10.5 Å². The summed E-state index contributed by atoms with van der Waals surface area (Å²) in [7, 11) is -3.53. The van der Waals surface area contributed by atoms with Gasteiger partial charge in [0, 0.05) is 12.1 Å². The quantitative estimate of drug-likeness (QED) is 0.722. The molecule has 0 spiro atoms. The van der Waals surface area contributed by atoms with Gasteiger partial charge in [-0.15, -0.1) is 0 Å². The monoisotopic (exact) mass is 432 g/mol. The number of nitrogens with zero attached hydrogens (tertiary/aromatic N) is 1. The fourth-order valence-electron chi connectivity index (χ4n) is 2.72. The summed E-state index contributed by atoms with van der Waals surface area (Å²) < 4.78 is 24.6. The third-order valence-electron chi connectivity index (χ3n) is 4.40. The molecular weight excluding hydrogens is 412 g/mol. The van der Waals surface area contributed by atoms with E-state index < -0.39 is 15.7 Å². The summed E-state index contributed by atoms with van der Waals surface area (Å²) in [5.74, 6) is -0.739. The van der Waals surface area contributed by atoms with E-state index in [9.17, 15) is 22.8 Å². The summed E-state index contributed by atoms with van der Waals surface area (Å²) in [5, 5.41) is 2.40. The summed E-state index contributed by atoms with van der Waals surface area (Å²) >= 11 is 0.982. The Hall–Kier alpha value is -2.65. The molecular formula is C20H20N2O5S2. The number of nitrogens with one attached hydrogen (secondary N) is 1. The summed E-state index contributed by atoms with van der Waals surface area (Å²) in [5.41, 5.74) is 2.23. The molecule has 9 heteroatoms. The van der Waals surface area contributed by atoms with Gasteiger partial charge in [-0.25, -0.2) is 8.42 Å². The first-order valence-corrected chi connectivity index (χ1v) is 11.5. The van der Waals surface area contributed by atoms with E-state index in [1.807, 2.05) is 6.92 Å². The number of anilines is 1. The minimum absolute atomic E-state index is 0.161. The molecule has 7 nitrogen and oxygen atoms in total. The van der Waals surface area contributed by atoms with Crippen LogP contribution >= 0.6 is 11.8 Å². The SMILES string of the molecule is Cc1ccc(S(=O)(=O)CCC(=O)Nc2ccc(CN3C(=O)CSC3=O)cc2)cc1. The Labute approximate surface area is 173 Å². The molecule has 1 aliphatic rings. The number of sulfone groups is 1. The second-order valence-corrected chi connectivity index (χ2v) is 9.70. The first-order valence-electron chi connectivity index (χ1n) is 8.90.